The highest BCUT2D eigenvalue weighted by molar-refractivity contribution is 5.46. The van der Waals surface area contributed by atoms with Crippen LogP contribution in [0.15, 0.2) is 36.7 Å². The Labute approximate surface area is 158 Å². The first kappa shape index (κ1) is 17.9. The first-order valence-electron chi connectivity index (χ1n) is 9.28. The maximum atomic E-state index is 5.67. The number of aromatic nitrogens is 4. The van der Waals surface area contributed by atoms with Crippen LogP contribution in [0.4, 0.5) is 5.82 Å². The van der Waals surface area contributed by atoms with E-state index in [0.717, 1.165) is 44.1 Å². The van der Waals surface area contributed by atoms with Crippen LogP contribution in [0.2, 0.25) is 0 Å². The lowest BCUT2D eigenvalue weighted by Crippen LogP contribution is -2.41. The van der Waals surface area contributed by atoms with Crippen molar-refractivity contribution >= 4 is 11.6 Å². The summed E-state index contributed by atoms with van der Waals surface area (Å²) in [5.74, 6) is 1.45. The first-order valence-corrected chi connectivity index (χ1v) is 9.28. The minimum absolute atomic E-state index is 0.0290. The second kappa shape index (κ2) is 7.62. The monoisotopic (exact) mass is 367 g/mol. The summed E-state index contributed by atoms with van der Waals surface area (Å²) in [6, 6.07) is 10.6. The third-order valence-electron chi connectivity index (χ3n) is 5.37. The largest absolute Gasteiger partial charge is 0.381 e. The van der Waals surface area contributed by atoms with Gasteiger partial charge >= 0.3 is 0 Å². The fourth-order valence-corrected chi connectivity index (χ4v) is 3.94. The Hall–Kier alpha value is -2.51. The molecule has 1 fully saturated rings. The van der Waals surface area contributed by atoms with Crippen LogP contribution < -0.4 is 5.32 Å². The summed E-state index contributed by atoms with van der Waals surface area (Å²) >= 11 is 0. The van der Waals surface area contributed by atoms with Crippen molar-refractivity contribution in [2.75, 3.05) is 32.2 Å². The lowest BCUT2D eigenvalue weighted by Gasteiger charge is -2.39. The van der Waals surface area contributed by atoms with Crippen molar-refractivity contribution in [3.63, 3.8) is 0 Å². The molecule has 7 heteroatoms. The SMILES string of the molecule is COCc1cc(NCC2(c3ccccc3C)CCOCC2)n2ncnc2n1. The van der Waals surface area contributed by atoms with Crippen LogP contribution in [0.5, 0.6) is 0 Å². The molecular formula is C20H25N5O2. The van der Waals surface area contributed by atoms with Crippen LogP contribution in [0.3, 0.4) is 0 Å². The molecule has 7 nitrogen and oxygen atoms in total. The first-order chi connectivity index (χ1) is 13.2. The van der Waals surface area contributed by atoms with Crippen LogP contribution in [0.1, 0.15) is 29.7 Å². The summed E-state index contributed by atoms with van der Waals surface area (Å²) in [7, 11) is 1.66. The van der Waals surface area contributed by atoms with E-state index in [4.69, 9.17) is 9.47 Å². The average Bonchev–Trinajstić information content (AvgIpc) is 3.16. The maximum Gasteiger partial charge on any atom is 0.254 e. The van der Waals surface area contributed by atoms with E-state index >= 15 is 0 Å². The highest BCUT2D eigenvalue weighted by Crippen LogP contribution is 2.37. The second-order valence-corrected chi connectivity index (χ2v) is 7.10. The Morgan fingerprint density at radius 3 is 2.85 bits per heavy atom. The number of benzene rings is 1. The smallest absolute Gasteiger partial charge is 0.254 e. The summed E-state index contributed by atoms with van der Waals surface area (Å²) in [5.41, 5.74) is 3.57. The molecule has 0 saturated carbocycles. The molecule has 3 aromatic rings. The fourth-order valence-electron chi connectivity index (χ4n) is 3.94. The summed E-state index contributed by atoms with van der Waals surface area (Å²) in [5, 5.41) is 7.93. The number of hydrogen-bond acceptors (Lipinski definition) is 6. The Morgan fingerprint density at radius 2 is 2.07 bits per heavy atom. The summed E-state index contributed by atoms with van der Waals surface area (Å²) in [4.78, 5) is 8.71. The molecule has 1 aliphatic heterocycles. The molecule has 4 rings (SSSR count). The van der Waals surface area contributed by atoms with Gasteiger partial charge in [-0.05, 0) is 30.9 Å². The number of hydrogen-bond donors (Lipinski definition) is 1. The van der Waals surface area contributed by atoms with Crippen molar-refractivity contribution in [1.29, 1.82) is 0 Å². The normalized spacial score (nSPS) is 16.5. The van der Waals surface area contributed by atoms with Crippen molar-refractivity contribution in [1.82, 2.24) is 19.6 Å². The molecule has 142 valence electrons. The van der Waals surface area contributed by atoms with Crippen LogP contribution in [-0.4, -0.2) is 46.5 Å². The predicted molar refractivity (Wildman–Crippen MR) is 103 cm³/mol. The molecule has 1 saturated heterocycles. The van der Waals surface area contributed by atoms with E-state index in [9.17, 15) is 0 Å². The van der Waals surface area contributed by atoms with Crippen molar-refractivity contribution in [3.8, 4) is 0 Å². The number of fused-ring (bicyclic) bond motifs is 1. The van der Waals surface area contributed by atoms with Crippen molar-refractivity contribution in [2.24, 2.45) is 0 Å². The molecule has 0 radical (unpaired) electrons. The second-order valence-electron chi connectivity index (χ2n) is 7.10. The third kappa shape index (κ3) is 3.52. The number of nitrogens with one attached hydrogen (secondary N) is 1. The molecule has 0 unspecified atom stereocenters. The van der Waals surface area contributed by atoms with E-state index in [1.54, 1.807) is 11.6 Å². The van der Waals surface area contributed by atoms with Crippen molar-refractivity contribution in [3.05, 3.63) is 53.5 Å². The Kier molecular flexibility index (Phi) is 5.05. The van der Waals surface area contributed by atoms with Crippen LogP contribution in [-0.2, 0) is 21.5 Å². The number of nitrogens with zero attached hydrogens (tertiary/aromatic N) is 4. The molecule has 1 N–H and O–H groups in total. The van der Waals surface area contributed by atoms with Gasteiger partial charge in [-0.1, -0.05) is 24.3 Å². The fraction of sp³-hybridized carbons (Fsp3) is 0.450. The number of rotatable bonds is 6. The molecule has 1 aromatic carbocycles. The van der Waals surface area contributed by atoms with Gasteiger partial charge in [-0.2, -0.15) is 14.6 Å². The highest BCUT2D eigenvalue weighted by Gasteiger charge is 2.35. The quantitative estimate of drug-likeness (QED) is 0.722. The van der Waals surface area contributed by atoms with E-state index < -0.39 is 0 Å². The van der Waals surface area contributed by atoms with Gasteiger partial charge in [0.2, 0.25) is 0 Å². The van der Waals surface area contributed by atoms with E-state index in [2.05, 4.69) is 51.6 Å². The molecule has 1 aliphatic rings. The third-order valence-corrected chi connectivity index (χ3v) is 5.37. The zero-order valence-corrected chi connectivity index (χ0v) is 15.8. The summed E-state index contributed by atoms with van der Waals surface area (Å²) in [6.45, 7) is 4.98. The topological polar surface area (TPSA) is 73.6 Å². The number of methoxy groups -OCH3 is 1. The number of ether oxygens (including phenoxy) is 2. The zero-order valence-electron chi connectivity index (χ0n) is 15.8. The lowest BCUT2D eigenvalue weighted by molar-refractivity contribution is 0.0541. The highest BCUT2D eigenvalue weighted by atomic mass is 16.5. The molecule has 0 amide bonds. The Morgan fingerprint density at radius 1 is 1.26 bits per heavy atom. The van der Waals surface area contributed by atoms with Crippen LogP contribution >= 0.6 is 0 Å². The molecule has 27 heavy (non-hydrogen) atoms. The van der Waals surface area contributed by atoms with E-state index in [1.807, 2.05) is 6.07 Å². The van der Waals surface area contributed by atoms with Gasteiger partial charge in [0.15, 0.2) is 0 Å². The van der Waals surface area contributed by atoms with E-state index in [0.29, 0.717) is 12.4 Å². The predicted octanol–water partition coefficient (Wildman–Crippen LogP) is 2.74. The molecular weight excluding hydrogens is 342 g/mol. The van der Waals surface area contributed by atoms with E-state index in [-0.39, 0.29) is 5.41 Å². The van der Waals surface area contributed by atoms with E-state index in [1.165, 1.54) is 17.5 Å². The van der Waals surface area contributed by atoms with Crippen LogP contribution in [0.25, 0.3) is 5.78 Å². The molecule has 0 spiro atoms. The van der Waals surface area contributed by atoms with Gasteiger partial charge in [-0.3, -0.25) is 0 Å². The van der Waals surface area contributed by atoms with Gasteiger partial charge < -0.3 is 14.8 Å². The Bertz CT molecular complexity index is 918. The molecule has 0 aliphatic carbocycles. The Balaban J connectivity index is 1.66. The summed E-state index contributed by atoms with van der Waals surface area (Å²) < 4.78 is 12.6. The summed E-state index contributed by atoms with van der Waals surface area (Å²) in [6.07, 6.45) is 3.50. The molecule has 0 atom stereocenters. The number of anilines is 1. The average molecular weight is 367 g/mol. The van der Waals surface area contributed by atoms with Crippen molar-refractivity contribution < 1.29 is 9.47 Å². The minimum Gasteiger partial charge on any atom is -0.381 e. The van der Waals surface area contributed by atoms with Crippen molar-refractivity contribution in [2.45, 2.75) is 31.8 Å². The molecule has 2 aromatic heterocycles. The van der Waals surface area contributed by atoms with Gasteiger partial charge in [-0.15, -0.1) is 0 Å². The van der Waals surface area contributed by atoms with Gasteiger partial charge in [-0.25, -0.2) is 4.98 Å². The van der Waals surface area contributed by atoms with Crippen LogP contribution in [0, 0.1) is 6.92 Å². The van der Waals surface area contributed by atoms with Gasteiger partial charge in [0, 0.05) is 38.3 Å². The van der Waals surface area contributed by atoms with Gasteiger partial charge in [0.25, 0.3) is 5.78 Å². The van der Waals surface area contributed by atoms with Gasteiger partial charge in [0.1, 0.15) is 12.1 Å². The lowest BCUT2D eigenvalue weighted by atomic mass is 9.72. The van der Waals surface area contributed by atoms with Gasteiger partial charge in [0.05, 0.1) is 12.3 Å². The molecule has 3 heterocycles. The molecule has 0 bridgehead atoms. The minimum atomic E-state index is 0.0290. The number of aryl methyl sites for hydroxylation is 1. The maximum absolute atomic E-state index is 5.67. The standard InChI is InChI=1S/C20H25N5O2/c1-15-5-3-4-6-17(15)20(7-9-27-10-8-20)13-21-18-11-16(12-26-2)24-19-22-14-23-25(18)19/h3-6,11,14,21H,7-10,12-13H2,1-2H3. The zero-order chi connectivity index (χ0) is 18.7.